The van der Waals surface area contributed by atoms with Gasteiger partial charge in [-0.05, 0) is 46.6 Å². The molecule has 1 aliphatic carbocycles. The van der Waals surface area contributed by atoms with Crippen molar-refractivity contribution in [3.63, 3.8) is 0 Å². The summed E-state index contributed by atoms with van der Waals surface area (Å²) in [5, 5.41) is 9.81. The van der Waals surface area contributed by atoms with Crippen molar-refractivity contribution in [2.24, 2.45) is 5.92 Å². The molecule has 0 bridgehead atoms. The number of amides is 1. The average molecular weight is 442 g/mol. The lowest BCUT2D eigenvalue weighted by Gasteiger charge is -2.34. The number of nitrogens with zero attached hydrogens (tertiary/aromatic N) is 1. The van der Waals surface area contributed by atoms with Crippen LogP contribution in [0.3, 0.4) is 0 Å². The number of piperidine rings is 1. The Kier molecular flexibility index (Phi) is 5.86. The van der Waals surface area contributed by atoms with E-state index in [9.17, 15) is 14.7 Å². The lowest BCUT2D eigenvalue weighted by atomic mass is 9.80. The molecule has 1 heterocycles. The lowest BCUT2D eigenvalue weighted by molar-refractivity contribution is -0.140. The summed E-state index contributed by atoms with van der Waals surface area (Å²) in [5.41, 5.74) is 5.62. The quantitative estimate of drug-likeness (QED) is 0.566. The van der Waals surface area contributed by atoms with Gasteiger partial charge in [-0.25, -0.2) is 4.79 Å². The summed E-state index contributed by atoms with van der Waals surface area (Å²) in [5.74, 6) is -1.31. The van der Waals surface area contributed by atoms with E-state index in [2.05, 4.69) is 24.3 Å². The van der Waals surface area contributed by atoms with Gasteiger partial charge in [-0.2, -0.15) is 0 Å². The molecule has 168 valence electrons. The van der Waals surface area contributed by atoms with E-state index in [1.165, 1.54) is 22.3 Å². The number of hydrogen-bond donors (Lipinski definition) is 1. The van der Waals surface area contributed by atoms with Gasteiger partial charge in [0.1, 0.15) is 6.61 Å². The summed E-state index contributed by atoms with van der Waals surface area (Å²) in [6.45, 7) is 1.32. The largest absolute Gasteiger partial charge is 0.481 e. The molecule has 1 fully saturated rings. The van der Waals surface area contributed by atoms with Crippen molar-refractivity contribution in [2.45, 2.75) is 24.7 Å². The lowest BCUT2D eigenvalue weighted by Crippen LogP contribution is -2.41. The fourth-order valence-corrected chi connectivity index (χ4v) is 5.38. The van der Waals surface area contributed by atoms with Crippen LogP contribution in [0, 0.1) is 5.92 Å². The Labute approximate surface area is 193 Å². The third-order valence-corrected chi connectivity index (χ3v) is 7.03. The van der Waals surface area contributed by atoms with Crippen LogP contribution in [0.2, 0.25) is 0 Å². The minimum absolute atomic E-state index is 0.00235. The first-order valence-electron chi connectivity index (χ1n) is 11.5. The van der Waals surface area contributed by atoms with Crippen LogP contribution in [-0.4, -0.2) is 41.8 Å². The Balaban J connectivity index is 1.22. The van der Waals surface area contributed by atoms with Gasteiger partial charge in [0, 0.05) is 19.0 Å². The van der Waals surface area contributed by atoms with E-state index in [1.807, 2.05) is 54.6 Å². The van der Waals surface area contributed by atoms with Crippen molar-refractivity contribution in [1.82, 2.24) is 4.90 Å². The van der Waals surface area contributed by atoms with Gasteiger partial charge in [0.15, 0.2) is 0 Å². The highest BCUT2D eigenvalue weighted by Gasteiger charge is 2.35. The molecule has 3 aromatic rings. The Morgan fingerprint density at radius 1 is 0.848 bits per heavy atom. The first-order chi connectivity index (χ1) is 16.1. The monoisotopic (exact) mass is 441 g/mol. The number of rotatable bonds is 5. The number of likely N-dealkylation sites (tertiary alicyclic amines) is 1. The average Bonchev–Trinajstić information content (AvgIpc) is 3.17. The maximum atomic E-state index is 12.8. The molecule has 3 aromatic carbocycles. The molecule has 5 heteroatoms. The van der Waals surface area contributed by atoms with Crippen molar-refractivity contribution >= 4 is 12.1 Å². The molecule has 2 aliphatic rings. The van der Waals surface area contributed by atoms with E-state index in [1.54, 1.807) is 4.90 Å². The summed E-state index contributed by atoms with van der Waals surface area (Å²) in [4.78, 5) is 26.5. The number of carboxylic acids is 1. The number of fused-ring (bicyclic) bond motifs is 3. The van der Waals surface area contributed by atoms with Crippen LogP contribution in [0.5, 0.6) is 0 Å². The number of benzene rings is 3. The summed E-state index contributed by atoms with van der Waals surface area (Å²) in [6, 6.07) is 25.9. The highest BCUT2D eigenvalue weighted by molar-refractivity contribution is 5.79. The van der Waals surface area contributed by atoms with Gasteiger partial charge >= 0.3 is 12.1 Å². The number of aliphatic carboxylic acids is 1. The summed E-state index contributed by atoms with van der Waals surface area (Å²) < 4.78 is 5.78. The van der Waals surface area contributed by atoms with Crippen LogP contribution in [0.4, 0.5) is 4.79 Å². The summed E-state index contributed by atoms with van der Waals surface area (Å²) >= 11 is 0. The van der Waals surface area contributed by atoms with Crippen LogP contribution in [0.15, 0.2) is 78.9 Å². The maximum Gasteiger partial charge on any atom is 0.409 e. The molecular weight excluding hydrogens is 414 g/mol. The third kappa shape index (κ3) is 4.11. The smallest absolute Gasteiger partial charge is 0.409 e. The van der Waals surface area contributed by atoms with Crippen LogP contribution in [-0.2, 0) is 9.53 Å². The molecule has 1 saturated heterocycles. The van der Waals surface area contributed by atoms with Gasteiger partial charge in [-0.1, -0.05) is 78.9 Å². The Morgan fingerprint density at radius 3 is 1.97 bits per heavy atom. The van der Waals surface area contributed by atoms with E-state index in [-0.39, 0.29) is 17.9 Å². The third-order valence-electron chi connectivity index (χ3n) is 7.03. The van der Waals surface area contributed by atoms with Crippen molar-refractivity contribution < 1.29 is 19.4 Å². The molecule has 5 rings (SSSR count). The predicted octanol–water partition coefficient (Wildman–Crippen LogP) is 5.52. The standard InChI is InChI=1S/C28H27NO4/c30-27(31)26(19-8-2-1-3-9-19)20-14-16-29(17-15-20)28(32)33-18-25-23-12-6-4-10-21(23)22-11-5-7-13-24(22)25/h1-13,20,25-26H,14-18H2,(H,30,31). The van der Waals surface area contributed by atoms with E-state index in [0.717, 1.165) is 5.56 Å². The molecule has 1 unspecified atom stereocenters. The van der Waals surface area contributed by atoms with Gasteiger partial charge in [-0.3, -0.25) is 4.79 Å². The first kappa shape index (κ1) is 21.3. The predicted molar refractivity (Wildman–Crippen MR) is 126 cm³/mol. The Bertz CT molecular complexity index is 1110. The second kappa shape index (κ2) is 9.10. The number of ether oxygens (including phenoxy) is 1. The Hall–Kier alpha value is -3.60. The molecule has 0 spiro atoms. The van der Waals surface area contributed by atoms with Crippen LogP contribution < -0.4 is 0 Å². The van der Waals surface area contributed by atoms with Crippen LogP contribution in [0.25, 0.3) is 11.1 Å². The molecule has 1 N–H and O–H groups in total. The zero-order valence-corrected chi connectivity index (χ0v) is 18.4. The van der Waals surface area contributed by atoms with Crippen LogP contribution in [0.1, 0.15) is 41.4 Å². The van der Waals surface area contributed by atoms with Gasteiger partial charge in [-0.15, -0.1) is 0 Å². The van der Waals surface area contributed by atoms with Crippen molar-refractivity contribution in [2.75, 3.05) is 19.7 Å². The molecular formula is C28H27NO4. The normalized spacial score (nSPS) is 16.7. The van der Waals surface area contributed by atoms with Gasteiger partial charge in [0.25, 0.3) is 0 Å². The van der Waals surface area contributed by atoms with Gasteiger partial charge in [0.2, 0.25) is 0 Å². The summed E-state index contributed by atoms with van der Waals surface area (Å²) in [6.07, 6.45) is 0.980. The fraction of sp³-hybridized carbons (Fsp3) is 0.286. The van der Waals surface area contributed by atoms with Crippen molar-refractivity contribution in [3.05, 3.63) is 95.6 Å². The Morgan fingerprint density at radius 2 is 1.39 bits per heavy atom. The molecule has 0 aromatic heterocycles. The number of carboxylic acid groups (broad SMARTS) is 1. The second-order valence-corrected chi connectivity index (χ2v) is 8.86. The highest BCUT2D eigenvalue weighted by atomic mass is 16.6. The van der Waals surface area contributed by atoms with Crippen LogP contribution >= 0.6 is 0 Å². The summed E-state index contributed by atoms with van der Waals surface area (Å²) in [7, 11) is 0. The maximum absolute atomic E-state index is 12.8. The molecule has 33 heavy (non-hydrogen) atoms. The number of carbonyl (C=O) groups excluding carboxylic acids is 1. The molecule has 5 nitrogen and oxygen atoms in total. The highest BCUT2D eigenvalue weighted by Crippen LogP contribution is 2.44. The van der Waals surface area contributed by atoms with Crippen molar-refractivity contribution in [3.8, 4) is 11.1 Å². The molecule has 1 atom stereocenters. The number of carbonyl (C=O) groups is 2. The zero-order chi connectivity index (χ0) is 22.8. The fourth-order valence-electron chi connectivity index (χ4n) is 5.38. The topological polar surface area (TPSA) is 66.8 Å². The molecule has 1 aliphatic heterocycles. The first-order valence-corrected chi connectivity index (χ1v) is 11.5. The molecule has 0 radical (unpaired) electrons. The van der Waals surface area contributed by atoms with Gasteiger partial charge in [0.05, 0.1) is 5.92 Å². The molecule has 1 amide bonds. The SMILES string of the molecule is O=C(O)C(c1ccccc1)C1CCN(C(=O)OCC2c3ccccc3-c3ccccc32)CC1. The van der Waals surface area contributed by atoms with Gasteiger partial charge < -0.3 is 14.7 Å². The molecule has 0 saturated carbocycles. The van der Waals surface area contributed by atoms with E-state index >= 15 is 0 Å². The van der Waals surface area contributed by atoms with Crippen molar-refractivity contribution in [1.29, 1.82) is 0 Å². The zero-order valence-electron chi connectivity index (χ0n) is 18.4. The van der Waals surface area contributed by atoms with E-state index < -0.39 is 11.9 Å². The van der Waals surface area contributed by atoms with E-state index in [0.29, 0.717) is 32.5 Å². The second-order valence-electron chi connectivity index (χ2n) is 8.86. The number of hydrogen-bond acceptors (Lipinski definition) is 3. The minimum atomic E-state index is -0.805. The van der Waals surface area contributed by atoms with E-state index in [4.69, 9.17) is 4.74 Å². The minimum Gasteiger partial charge on any atom is -0.481 e.